The molecule has 9 heteroatoms. The van der Waals surface area contributed by atoms with Crippen LogP contribution < -0.4 is 14.4 Å². The van der Waals surface area contributed by atoms with Crippen LogP contribution in [0.25, 0.3) is 6.08 Å². The Morgan fingerprint density at radius 1 is 0.881 bits per heavy atom. The number of amides is 1. The third kappa shape index (κ3) is 7.04. The Labute approximate surface area is 268 Å². The molecular formula is C33H27BrCl2N2O3S. The summed E-state index contributed by atoms with van der Waals surface area (Å²) in [7, 11) is 0. The summed E-state index contributed by atoms with van der Waals surface area (Å²) in [6, 6.07) is 24.7. The quantitative estimate of drug-likeness (QED) is 0.174. The zero-order valence-corrected chi connectivity index (χ0v) is 27.1. The fourth-order valence-corrected chi connectivity index (χ4v) is 5.77. The lowest BCUT2D eigenvalue weighted by Gasteiger charge is -2.16. The van der Waals surface area contributed by atoms with E-state index in [1.807, 2.05) is 93.6 Å². The summed E-state index contributed by atoms with van der Waals surface area (Å²) in [4.78, 5) is 20.7. The van der Waals surface area contributed by atoms with Gasteiger partial charge in [-0.25, -0.2) is 4.99 Å². The molecule has 0 spiro atoms. The first-order valence-corrected chi connectivity index (χ1v) is 15.6. The Morgan fingerprint density at radius 3 is 2.29 bits per heavy atom. The van der Waals surface area contributed by atoms with E-state index in [1.54, 1.807) is 17.0 Å². The van der Waals surface area contributed by atoms with Crippen molar-refractivity contribution in [2.45, 2.75) is 27.4 Å². The molecule has 0 saturated carbocycles. The van der Waals surface area contributed by atoms with E-state index in [-0.39, 0.29) is 5.91 Å². The molecule has 0 unspecified atom stereocenters. The standard InChI is InChI=1S/C33H27BrCl2N2O3S/c1-4-40-30-15-23(9-14-29(30)41-19-22-7-10-24(34)11-8-22)16-31-32(39)38(26-13-6-21(3)28(36)18-26)33(42-31)37-25-12-5-20(2)27(35)17-25/h5-18H,4,19H2,1-3H3/b31-16+,37-33?. The molecule has 1 aliphatic rings. The first-order valence-electron chi connectivity index (χ1n) is 13.2. The van der Waals surface area contributed by atoms with Crippen molar-refractivity contribution in [3.63, 3.8) is 0 Å². The minimum atomic E-state index is -0.203. The summed E-state index contributed by atoms with van der Waals surface area (Å²) in [5, 5.41) is 1.68. The van der Waals surface area contributed by atoms with E-state index in [9.17, 15) is 4.79 Å². The molecule has 1 fully saturated rings. The summed E-state index contributed by atoms with van der Waals surface area (Å²) >= 11 is 17.5. The third-order valence-corrected chi connectivity index (χ3v) is 8.79. The minimum Gasteiger partial charge on any atom is -0.490 e. The van der Waals surface area contributed by atoms with E-state index in [1.165, 1.54) is 11.8 Å². The lowest BCUT2D eigenvalue weighted by atomic mass is 10.1. The molecule has 4 aromatic rings. The number of rotatable bonds is 8. The van der Waals surface area contributed by atoms with Crippen LogP contribution in [0.15, 0.2) is 93.2 Å². The van der Waals surface area contributed by atoms with Crippen molar-refractivity contribution in [2.75, 3.05) is 11.5 Å². The molecule has 4 aromatic carbocycles. The zero-order valence-electron chi connectivity index (χ0n) is 23.2. The number of hydrogen-bond donors (Lipinski definition) is 0. The first-order chi connectivity index (χ1) is 20.2. The number of anilines is 1. The number of amidine groups is 1. The number of aliphatic imine (C=N–C) groups is 1. The molecule has 5 rings (SSSR count). The van der Waals surface area contributed by atoms with Crippen LogP contribution in [0.5, 0.6) is 11.5 Å². The van der Waals surface area contributed by atoms with E-state index >= 15 is 0 Å². The van der Waals surface area contributed by atoms with Gasteiger partial charge in [-0.2, -0.15) is 0 Å². The maximum absolute atomic E-state index is 13.8. The predicted octanol–water partition coefficient (Wildman–Crippen LogP) is 10.2. The Balaban J connectivity index is 1.47. The fraction of sp³-hybridized carbons (Fsp3) is 0.152. The van der Waals surface area contributed by atoms with Crippen LogP contribution in [0.2, 0.25) is 10.0 Å². The number of benzene rings is 4. The number of nitrogens with zero attached hydrogens (tertiary/aromatic N) is 2. The van der Waals surface area contributed by atoms with Gasteiger partial charge in [0.15, 0.2) is 16.7 Å². The van der Waals surface area contributed by atoms with Crippen molar-refractivity contribution >= 4 is 79.4 Å². The summed E-state index contributed by atoms with van der Waals surface area (Å²) in [5.41, 5.74) is 4.99. The van der Waals surface area contributed by atoms with Gasteiger partial charge in [-0.3, -0.25) is 9.69 Å². The molecule has 1 aliphatic heterocycles. The van der Waals surface area contributed by atoms with Gasteiger partial charge < -0.3 is 9.47 Å². The highest BCUT2D eigenvalue weighted by molar-refractivity contribution is 9.10. The van der Waals surface area contributed by atoms with E-state index in [0.717, 1.165) is 26.7 Å². The predicted molar refractivity (Wildman–Crippen MR) is 179 cm³/mol. The second kappa shape index (κ2) is 13.4. The SMILES string of the molecule is CCOc1cc(/C=C2/SC(=Nc3ccc(C)c(Cl)c3)N(c3ccc(C)c(Cl)c3)C2=O)ccc1OCc1ccc(Br)cc1. The van der Waals surface area contributed by atoms with Crippen molar-refractivity contribution < 1.29 is 14.3 Å². The fourth-order valence-electron chi connectivity index (χ4n) is 4.15. The minimum absolute atomic E-state index is 0.203. The van der Waals surface area contributed by atoms with Gasteiger partial charge in [-0.05, 0) is 109 Å². The largest absolute Gasteiger partial charge is 0.490 e. The molecule has 214 valence electrons. The summed E-state index contributed by atoms with van der Waals surface area (Å²) in [5.74, 6) is 1.02. The molecule has 1 heterocycles. The highest BCUT2D eigenvalue weighted by Gasteiger charge is 2.35. The van der Waals surface area contributed by atoms with Crippen molar-refractivity contribution in [2.24, 2.45) is 4.99 Å². The Bertz CT molecular complexity index is 1710. The number of halogens is 3. The molecule has 42 heavy (non-hydrogen) atoms. The number of ether oxygens (including phenoxy) is 2. The Kier molecular flexibility index (Phi) is 9.63. The number of hydrogen-bond acceptors (Lipinski definition) is 5. The van der Waals surface area contributed by atoms with Crippen molar-refractivity contribution in [1.82, 2.24) is 0 Å². The van der Waals surface area contributed by atoms with Crippen LogP contribution in [0.1, 0.15) is 29.2 Å². The molecule has 0 aliphatic carbocycles. The van der Waals surface area contributed by atoms with Crippen LogP contribution in [-0.4, -0.2) is 17.7 Å². The number of thioether (sulfide) groups is 1. The number of carbonyl (C=O) groups is 1. The van der Waals surface area contributed by atoms with Crippen LogP contribution in [0.3, 0.4) is 0 Å². The molecule has 0 radical (unpaired) electrons. The van der Waals surface area contributed by atoms with Gasteiger partial charge in [0.05, 0.1) is 22.9 Å². The van der Waals surface area contributed by atoms with Crippen molar-refractivity contribution in [3.8, 4) is 11.5 Å². The van der Waals surface area contributed by atoms with Gasteiger partial charge >= 0.3 is 0 Å². The van der Waals surface area contributed by atoms with Crippen LogP contribution in [0.4, 0.5) is 11.4 Å². The van der Waals surface area contributed by atoms with Gasteiger partial charge in [0.1, 0.15) is 6.61 Å². The molecule has 1 saturated heterocycles. The van der Waals surface area contributed by atoms with Gasteiger partial charge in [0.25, 0.3) is 5.91 Å². The first kappa shape index (κ1) is 30.2. The Hall–Kier alpha value is -3.23. The second-order valence-corrected chi connectivity index (χ2v) is 12.3. The molecule has 0 atom stereocenters. The monoisotopic (exact) mass is 680 g/mol. The molecule has 0 aromatic heterocycles. The van der Waals surface area contributed by atoms with Crippen molar-refractivity contribution in [1.29, 1.82) is 0 Å². The maximum atomic E-state index is 13.8. The van der Waals surface area contributed by atoms with E-state index in [4.69, 9.17) is 37.7 Å². The molecule has 0 N–H and O–H groups in total. The molecule has 0 bridgehead atoms. The molecule has 5 nitrogen and oxygen atoms in total. The van der Waals surface area contributed by atoms with Gasteiger partial charge in [0.2, 0.25) is 0 Å². The second-order valence-electron chi connectivity index (χ2n) is 9.57. The number of carbonyl (C=O) groups excluding carboxylic acids is 1. The topological polar surface area (TPSA) is 51.1 Å². The highest BCUT2D eigenvalue weighted by atomic mass is 79.9. The lowest BCUT2D eigenvalue weighted by molar-refractivity contribution is -0.113. The Morgan fingerprint density at radius 2 is 1.60 bits per heavy atom. The summed E-state index contributed by atoms with van der Waals surface area (Å²) in [6.45, 7) is 6.65. The van der Waals surface area contributed by atoms with E-state index < -0.39 is 0 Å². The van der Waals surface area contributed by atoms with Gasteiger partial charge in [-0.15, -0.1) is 0 Å². The van der Waals surface area contributed by atoms with Crippen LogP contribution in [0, 0.1) is 13.8 Å². The lowest BCUT2D eigenvalue weighted by Crippen LogP contribution is -2.28. The molecule has 1 amide bonds. The van der Waals surface area contributed by atoms with Crippen LogP contribution >= 0.6 is 50.9 Å². The number of aryl methyl sites for hydroxylation is 2. The van der Waals surface area contributed by atoms with Crippen molar-refractivity contribution in [3.05, 3.63) is 121 Å². The average molecular weight is 682 g/mol. The van der Waals surface area contributed by atoms with Gasteiger partial charge in [-0.1, -0.05) is 69.5 Å². The molecular weight excluding hydrogens is 655 g/mol. The van der Waals surface area contributed by atoms with E-state index in [2.05, 4.69) is 15.9 Å². The summed E-state index contributed by atoms with van der Waals surface area (Å²) in [6.07, 6.45) is 1.83. The zero-order chi connectivity index (χ0) is 29.8. The smallest absolute Gasteiger partial charge is 0.271 e. The highest BCUT2D eigenvalue weighted by Crippen LogP contribution is 2.40. The maximum Gasteiger partial charge on any atom is 0.271 e. The van der Waals surface area contributed by atoms with Crippen LogP contribution in [-0.2, 0) is 11.4 Å². The average Bonchev–Trinajstić information content (AvgIpc) is 3.26. The third-order valence-electron chi connectivity index (χ3n) is 6.47. The normalized spacial score (nSPS) is 15.1. The summed E-state index contributed by atoms with van der Waals surface area (Å²) < 4.78 is 13.0. The van der Waals surface area contributed by atoms with E-state index in [0.29, 0.717) is 56.2 Å². The van der Waals surface area contributed by atoms with Gasteiger partial charge in [0, 0.05) is 14.5 Å².